The smallest absolute Gasteiger partial charge is 0.0877 e. The fourth-order valence-corrected chi connectivity index (χ4v) is 1.65. The van der Waals surface area contributed by atoms with Crippen molar-refractivity contribution in [1.82, 2.24) is 9.78 Å². The Morgan fingerprint density at radius 1 is 1.25 bits per heavy atom. The van der Waals surface area contributed by atoms with Crippen molar-refractivity contribution in [3.05, 3.63) is 41.7 Å². The lowest BCUT2D eigenvalue weighted by Crippen LogP contribution is -2.02. The molecule has 0 saturated heterocycles. The Labute approximate surface area is 95.9 Å². The highest BCUT2D eigenvalue weighted by Gasteiger charge is 2.07. The van der Waals surface area contributed by atoms with E-state index in [1.165, 1.54) is 0 Å². The lowest BCUT2D eigenvalue weighted by atomic mass is 10.1. The fourth-order valence-electron chi connectivity index (χ4n) is 1.65. The standard InChI is InChI=1S/C13H17N3/c1-9(2)11-7-8-16(15-11)12-6-4-5-10(3)13(12)14/h4-9H,14H2,1-3H3. The third kappa shape index (κ3) is 1.81. The number of hydrogen-bond acceptors (Lipinski definition) is 2. The minimum absolute atomic E-state index is 0.437. The van der Waals surface area contributed by atoms with Crippen LogP contribution >= 0.6 is 0 Å². The van der Waals surface area contributed by atoms with E-state index in [0.29, 0.717) is 5.92 Å². The maximum absolute atomic E-state index is 6.04. The average Bonchev–Trinajstić information content (AvgIpc) is 2.71. The molecule has 0 unspecified atom stereocenters. The molecule has 0 aliphatic rings. The summed E-state index contributed by atoms with van der Waals surface area (Å²) in [6.45, 7) is 6.27. The highest BCUT2D eigenvalue weighted by molar-refractivity contribution is 5.61. The second-order valence-corrected chi connectivity index (χ2v) is 4.35. The summed E-state index contributed by atoms with van der Waals surface area (Å²) in [5.74, 6) is 0.437. The van der Waals surface area contributed by atoms with Gasteiger partial charge in [-0.3, -0.25) is 0 Å². The Kier molecular flexibility index (Phi) is 2.69. The van der Waals surface area contributed by atoms with Crippen molar-refractivity contribution in [2.45, 2.75) is 26.7 Å². The number of nitrogens with zero attached hydrogens (tertiary/aromatic N) is 2. The summed E-state index contributed by atoms with van der Waals surface area (Å²) in [7, 11) is 0. The van der Waals surface area contributed by atoms with Crippen molar-refractivity contribution in [1.29, 1.82) is 0 Å². The summed E-state index contributed by atoms with van der Waals surface area (Å²) in [5.41, 5.74) is 9.95. The van der Waals surface area contributed by atoms with E-state index in [-0.39, 0.29) is 0 Å². The van der Waals surface area contributed by atoms with Crippen LogP contribution in [0.3, 0.4) is 0 Å². The van der Waals surface area contributed by atoms with Crippen molar-refractivity contribution in [2.75, 3.05) is 5.73 Å². The molecule has 1 heterocycles. The molecule has 84 valence electrons. The Morgan fingerprint density at radius 2 is 2.00 bits per heavy atom. The van der Waals surface area contributed by atoms with Gasteiger partial charge in [0, 0.05) is 6.20 Å². The van der Waals surface area contributed by atoms with Gasteiger partial charge in [-0.05, 0) is 30.5 Å². The van der Waals surface area contributed by atoms with Crippen LogP contribution < -0.4 is 5.73 Å². The van der Waals surface area contributed by atoms with Crippen LogP contribution in [-0.4, -0.2) is 9.78 Å². The Bertz CT molecular complexity index is 498. The molecule has 0 fully saturated rings. The van der Waals surface area contributed by atoms with Crippen LogP contribution in [0.4, 0.5) is 5.69 Å². The number of anilines is 1. The molecule has 0 bridgehead atoms. The quantitative estimate of drug-likeness (QED) is 0.783. The molecule has 0 radical (unpaired) electrons. The number of rotatable bonds is 2. The van der Waals surface area contributed by atoms with Gasteiger partial charge in [-0.2, -0.15) is 5.10 Å². The second-order valence-electron chi connectivity index (χ2n) is 4.35. The van der Waals surface area contributed by atoms with E-state index < -0.39 is 0 Å². The van der Waals surface area contributed by atoms with E-state index in [1.54, 1.807) is 0 Å². The summed E-state index contributed by atoms with van der Waals surface area (Å²) >= 11 is 0. The zero-order valence-corrected chi connectivity index (χ0v) is 9.94. The Morgan fingerprint density at radius 3 is 2.62 bits per heavy atom. The molecule has 0 amide bonds. The van der Waals surface area contributed by atoms with Crippen LogP contribution in [-0.2, 0) is 0 Å². The first kappa shape index (κ1) is 10.7. The van der Waals surface area contributed by atoms with E-state index >= 15 is 0 Å². The van der Waals surface area contributed by atoms with Gasteiger partial charge >= 0.3 is 0 Å². The van der Waals surface area contributed by atoms with Gasteiger partial charge in [0.1, 0.15) is 0 Å². The third-order valence-corrected chi connectivity index (χ3v) is 2.75. The lowest BCUT2D eigenvalue weighted by molar-refractivity contribution is 0.769. The molecule has 2 aromatic rings. The summed E-state index contributed by atoms with van der Waals surface area (Å²) in [4.78, 5) is 0. The molecule has 0 aliphatic heterocycles. The van der Waals surface area contributed by atoms with Crippen molar-refractivity contribution >= 4 is 5.69 Å². The summed E-state index contributed by atoms with van der Waals surface area (Å²) in [6, 6.07) is 8.02. The largest absolute Gasteiger partial charge is 0.397 e. The van der Waals surface area contributed by atoms with Gasteiger partial charge < -0.3 is 5.73 Å². The first-order valence-corrected chi connectivity index (χ1v) is 5.50. The van der Waals surface area contributed by atoms with E-state index in [0.717, 1.165) is 22.6 Å². The van der Waals surface area contributed by atoms with Crippen molar-refractivity contribution in [3.63, 3.8) is 0 Å². The average molecular weight is 215 g/mol. The third-order valence-electron chi connectivity index (χ3n) is 2.75. The molecule has 0 saturated carbocycles. The van der Waals surface area contributed by atoms with Gasteiger partial charge in [0.05, 0.1) is 17.1 Å². The van der Waals surface area contributed by atoms with Crippen LogP contribution in [0.25, 0.3) is 5.69 Å². The number of aromatic nitrogens is 2. The number of nitrogen functional groups attached to an aromatic ring is 1. The van der Waals surface area contributed by atoms with Gasteiger partial charge in [0.25, 0.3) is 0 Å². The van der Waals surface area contributed by atoms with Crippen LogP contribution in [0, 0.1) is 6.92 Å². The molecule has 3 nitrogen and oxygen atoms in total. The summed E-state index contributed by atoms with van der Waals surface area (Å²) in [6.07, 6.45) is 1.96. The minimum Gasteiger partial charge on any atom is -0.397 e. The first-order valence-electron chi connectivity index (χ1n) is 5.50. The molecular formula is C13H17N3. The molecule has 0 aliphatic carbocycles. The maximum Gasteiger partial charge on any atom is 0.0877 e. The fraction of sp³-hybridized carbons (Fsp3) is 0.308. The molecule has 1 aromatic carbocycles. The van der Waals surface area contributed by atoms with Crippen molar-refractivity contribution < 1.29 is 0 Å². The van der Waals surface area contributed by atoms with Crippen LogP contribution in [0.1, 0.15) is 31.0 Å². The van der Waals surface area contributed by atoms with Crippen molar-refractivity contribution in [3.8, 4) is 5.69 Å². The summed E-state index contributed by atoms with van der Waals surface area (Å²) in [5, 5.41) is 4.52. The Hall–Kier alpha value is -1.77. The molecule has 1 aromatic heterocycles. The normalized spacial score (nSPS) is 11.0. The highest BCUT2D eigenvalue weighted by Crippen LogP contribution is 2.21. The Balaban J connectivity index is 2.47. The van der Waals surface area contributed by atoms with Crippen LogP contribution in [0.2, 0.25) is 0 Å². The SMILES string of the molecule is Cc1cccc(-n2ccc(C(C)C)n2)c1N. The number of nitrogens with two attached hydrogens (primary N) is 1. The minimum atomic E-state index is 0.437. The van der Waals surface area contributed by atoms with Gasteiger partial charge in [0.2, 0.25) is 0 Å². The molecule has 2 N–H and O–H groups in total. The highest BCUT2D eigenvalue weighted by atomic mass is 15.3. The second kappa shape index (κ2) is 4.00. The molecule has 0 spiro atoms. The van der Waals surface area contributed by atoms with Gasteiger partial charge in [-0.1, -0.05) is 26.0 Å². The van der Waals surface area contributed by atoms with Gasteiger partial charge in [-0.15, -0.1) is 0 Å². The van der Waals surface area contributed by atoms with Gasteiger partial charge in [-0.25, -0.2) is 4.68 Å². The zero-order valence-electron chi connectivity index (χ0n) is 9.94. The number of para-hydroxylation sites is 1. The molecule has 16 heavy (non-hydrogen) atoms. The number of aryl methyl sites for hydroxylation is 1. The number of benzene rings is 1. The van der Waals surface area contributed by atoms with Crippen LogP contribution in [0.5, 0.6) is 0 Å². The summed E-state index contributed by atoms with van der Waals surface area (Å²) < 4.78 is 1.84. The predicted octanol–water partition coefficient (Wildman–Crippen LogP) is 2.89. The maximum atomic E-state index is 6.04. The van der Waals surface area contributed by atoms with E-state index in [2.05, 4.69) is 18.9 Å². The van der Waals surface area contributed by atoms with Crippen molar-refractivity contribution in [2.24, 2.45) is 0 Å². The van der Waals surface area contributed by atoms with E-state index in [1.807, 2.05) is 42.1 Å². The van der Waals surface area contributed by atoms with E-state index in [9.17, 15) is 0 Å². The van der Waals surface area contributed by atoms with E-state index in [4.69, 9.17) is 5.73 Å². The number of hydrogen-bond donors (Lipinski definition) is 1. The molecule has 3 heteroatoms. The zero-order chi connectivity index (χ0) is 11.7. The first-order chi connectivity index (χ1) is 7.59. The monoisotopic (exact) mass is 215 g/mol. The van der Waals surface area contributed by atoms with Gasteiger partial charge in [0.15, 0.2) is 0 Å². The van der Waals surface area contributed by atoms with Crippen LogP contribution in [0.15, 0.2) is 30.5 Å². The predicted molar refractivity (Wildman–Crippen MR) is 66.8 cm³/mol. The topological polar surface area (TPSA) is 43.8 Å². The molecular weight excluding hydrogens is 198 g/mol. The molecule has 2 rings (SSSR count). The lowest BCUT2D eigenvalue weighted by Gasteiger charge is -2.08. The molecule has 0 atom stereocenters.